The van der Waals surface area contributed by atoms with Crippen molar-refractivity contribution in [1.29, 1.82) is 0 Å². The highest BCUT2D eigenvalue weighted by atomic mass is 16.1. The second-order valence-corrected chi connectivity index (χ2v) is 9.94. The van der Waals surface area contributed by atoms with Crippen LogP contribution in [-0.2, 0) is 0 Å². The largest absolute Gasteiger partial charge is 0.372 e. The normalized spacial score (nSPS) is 15.7. The van der Waals surface area contributed by atoms with Crippen LogP contribution in [0.4, 0.5) is 11.4 Å². The van der Waals surface area contributed by atoms with Gasteiger partial charge < -0.3 is 9.80 Å². The summed E-state index contributed by atoms with van der Waals surface area (Å²) in [6.07, 6.45) is 8.34. The van der Waals surface area contributed by atoms with Crippen molar-refractivity contribution in [3.05, 3.63) is 95.1 Å². The zero-order valence-electron chi connectivity index (χ0n) is 21.8. The van der Waals surface area contributed by atoms with Crippen LogP contribution in [0.15, 0.2) is 82.8 Å². The summed E-state index contributed by atoms with van der Waals surface area (Å²) >= 11 is 0. The lowest BCUT2D eigenvalue weighted by Crippen LogP contribution is -2.17. The molecule has 0 radical (unpaired) electrons. The Kier molecular flexibility index (Phi) is 8.39. The molecule has 194 valence electrons. The zero-order chi connectivity index (χ0) is 26.2. The molecule has 0 spiro atoms. The molecule has 2 fully saturated rings. The molecule has 6 heteroatoms. The van der Waals surface area contributed by atoms with Crippen LogP contribution in [0.2, 0.25) is 0 Å². The van der Waals surface area contributed by atoms with Gasteiger partial charge in [0.1, 0.15) is 13.1 Å². The molecule has 2 heterocycles. The number of rotatable bonds is 10. The van der Waals surface area contributed by atoms with E-state index >= 15 is 0 Å². The molecule has 0 N–H and O–H groups in total. The van der Waals surface area contributed by atoms with Gasteiger partial charge in [-0.25, -0.2) is 0 Å². The molecule has 2 aliphatic rings. The fourth-order valence-corrected chi connectivity index (χ4v) is 5.04. The molecule has 3 aromatic rings. The highest BCUT2D eigenvalue weighted by Gasteiger charge is 2.14. The number of hydrogen-bond acceptors (Lipinski definition) is 6. The minimum absolute atomic E-state index is 0.00101. The number of aliphatic imine (C=N–C) groups is 2. The predicted octanol–water partition coefficient (Wildman–Crippen LogP) is 5.49. The third kappa shape index (κ3) is 6.62. The summed E-state index contributed by atoms with van der Waals surface area (Å²) in [6, 6.07) is 23.4. The second kappa shape index (κ2) is 12.5. The maximum Gasteiger partial charge on any atom is 0.184 e. The molecule has 6 nitrogen and oxygen atoms in total. The lowest BCUT2D eigenvalue weighted by Gasteiger charge is -2.17. The lowest BCUT2D eigenvalue weighted by atomic mass is 10.1. The SMILES string of the molecule is O=C(CN=Cc1cccc(C=NCC(=O)c2ccc(N3CCCC3)cc2)c1)c1ccc(N2CCCC2)cc1. The van der Waals surface area contributed by atoms with Gasteiger partial charge in [0.05, 0.1) is 0 Å². The quantitative estimate of drug-likeness (QED) is 0.269. The Morgan fingerprint density at radius 3 is 1.39 bits per heavy atom. The van der Waals surface area contributed by atoms with Gasteiger partial charge in [-0.2, -0.15) is 0 Å². The molecule has 0 aliphatic carbocycles. The van der Waals surface area contributed by atoms with E-state index < -0.39 is 0 Å². The number of benzene rings is 3. The van der Waals surface area contributed by atoms with Gasteiger partial charge >= 0.3 is 0 Å². The van der Waals surface area contributed by atoms with Crippen LogP contribution in [0.3, 0.4) is 0 Å². The van der Waals surface area contributed by atoms with Crippen LogP contribution < -0.4 is 9.80 Å². The maximum atomic E-state index is 12.6. The molecule has 38 heavy (non-hydrogen) atoms. The minimum atomic E-state index is -0.00101. The van der Waals surface area contributed by atoms with Crippen molar-refractivity contribution >= 4 is 35.4 Å². The van der Waals surface area contributed by atoms with Crippen LogP contribution in [0.5, 0.6) is 0 Å². The molecule has 2 saturated heterocycles. The zero-order valence-corrected chi connectivity index (χ0v) is 21.8. The van der Waals surface area contributed by atoms with Gasteiger partial charge in [-0.1, -0.05) is 18.2 Å². The van der Waals surface area contributed by atoms with Gasteiger partial charge in [0, 0.05) is 61.1 Å². The van der Waals surface area contributed by atoms with Gasteiger partial charge in [0.2, 0.25) is 0 Å². The topological polar surface area (TPSA) is 65.3 Å². The van der Waals surface area contributed by atoms with E-state index in [1.807, 2.05) is 72.8 Å². The number of anilines is 2. The Labute approximate surface area is 224 Å². The van der Waals surface area contributed by atoms with Gasteiger partial charge in [-0.15, -0.1) is 0 Å². The van der Waals surface area contributed by atoms with Crippen molar-refractivity contribution in [2.45, 2.75) is 25.7 Å². The molecule has 2 aliphatic heterocycles. The fraction of sp³-hybridized carbons (Fsp3) is 0.312. The van der Waals surface area contributed by atoms with E-state index in [1.165, 1.54) is 37.1 Å². The first-order valence-corrected chi connectivity index (χ1v) is 13.5. The Morgan fingerprint density at radius 2 is 1.00 bits per heavy atom. The molecule has 5 rings (SSSR count). The number of nitrogens with zero attached hydrogens (tertiary/aromatic N) is 4. The lowest BCUT2D eigenvalue weighted by molar-refractivity contribution is 0.0994. The van der Waals surface area contributed by atoms with E-state index in [1.54, 1.807) is 12.4 Å². The van der Waals surface area contributed by atoms with Crippen LogP contribution in [0, 0.1) is 0 Å². The molecule has 0 amide bonds. The van der Waals surface area contributed by atoms with Crippen LogP contribution in [0.1, 0.15) is 57.5 Å². The predicted molar refractivity (Wildman–Crippen MR) is 156 cm³/mol. The average Bonchev–Trinajstić information content (AvgIpc) is 3.69. The highest BCUT2D eigenvalue weighted by molar-refractivity contribution is 6.00. The van der Waals surface area contributed by atoms with E-state index in [-0.39, 0.29) is 24.7 Å². The maximum absolute atomic E-state index is 12.6. The second-order valence-electron chi connectivity index (χ2n) is 9.94. The summed E-state index contributed by atoms with van der Waals surface area (Å²) in [5, 5.41) is 0. The minimum Gasteiger partial charge on any atom is -0.372 e. The number of hydrogen-bond donors (Lipinski definition) is 0. The van der Waals surface area contributed by atoms with Crippen LogP contribution in [0.25, 0.3) is 0 Å². The van der Waals surface area contributed by atoms with Gasteiger partial charge in [-0.05, 0) is 91.4 Å². The first-order chi connectivity index (χ1) is 18.7. The third-order valence-electron chi connectivity index (χ3n) is 7.18. The first-order valence-electron chi connectivity index (χ1n) is 13.5. The fourth-order valence-electron chi connectivity index (χ4n) is 5.04. The van der Waals surface area contributed by atoms with Crippen LogP contribution in [-0.4, -0.2) is 63.3 Å². The Morgan fingerprint density at radius 1 is 0.605 bits per heavy atom. The summed E-state index contributed by atoms with van der Waals surface area (Å²) in [4.78, 5) is 38.5. The smallest absolute Gasteiger partial charge is 0.184 e. The van der Waals surface area contributed by atoms with E-state index in [4.69, 9.17) is 0 Å². The van der Waals surface area contributed by atoms with Crippen molar-refractivity contribution in [1.82, 2.24) is 0 Å². The number of Topliss-reactive ketones (excluding diaryl/α,β-unsaturated/α-hetero) is 2. The molecular weight excluding hydrogens is 472 g/mol. The molecule has 0 unspecified atom stereocenters. The number of carbonyl (C=O) groups excluding carboxylic acids is 2. The molecule has 0 saturated carbocycles. The van der Waals surface area contributed by atoms with Crippen molar-refractivity contribution in [2.24, 2.45) is 9.98 Å². The summed E-state index contributed by atoms with van der Waals surface area (Å²) in [7, 11) is 0. The molecule has 3 aromatic carbocycles. The Bertz CT molecular complexity index is 1200. The van der Waals surface area contributed by atoms with Gasteiger partial charge in [-0.3, -0.25) is 19.6 Å². The third-order valence-corrected chi connectivity index (χ3v) is 7.18. The molecule has 0 bridgehead atoms. The van der Waals surface area contributed by atoms with Crippen molar-refractivity contribution < 1.29 is 9.59 Å². The first kappa shape index (κ1) is 25.6. The average molecular weight is 507 g/mol. The van der Waals surface area contributed by atoms with Crippen molar-refractivity contribution in [3.63, 3.8) is 0 Å². The van der Waals surface area contributed by atoms with Crippen LogP contribution >= 0.6 is 0 Å². The molecule has 0 atom stereocenters. The van der Waals surface area contributed by atoms with E-state index in [9.17, 15) is 9.59 Å². The molecule has 0 aromatic heterocycles. The van der Waals surface area contributed by atoms with Gasteiger partial charge in [0.25, 0.3) is 0 Å². The standard InChI is InChI=1S/C32H34N4O2/c37-31(27-8-12-29(13-9-27)35-16-1-2-17-35)23-33-21-25-6-5-7-26(20-25)22-34-24-32(38)28-10-14-30(15-11-28)36-18-3-4-19-36/h5-15,20-22H,1-4,16-19,23-24H2. The summed E-state index contributed by atoms with van der Waals surface area (Å²) in [5.41, 5.74) is 5.49. The Balaban J connectivity index is 1.11. The van der Waals surface area contributed by atoms with E-state index in [0.29, 0.717) is 11.1 Å². The highest BCUT2D eigenvalue weighted by Crippen LogP contribution is 2.21. The number of ketones is 2. The van der Waals surface area contributed by atoms with Crippen molar-refractivity contribution in [3.8, 4) is 0 Å². The van der Waals surface area contributed by atoms with Gasteiger partial charge in [0.15, 0.2) is 11.6 Å². The van der Waals surface area contributed by atoms with E-state index in [0.717, 1.165) is 37.3 Å². The summed E-state index contributed by atoms with van der Waals surface area (Å²) in [5.74, 6) is -0.00201. The van der Waals surface area contributed by atoms with Crippen molar-refractivity contribution in [2.75, 3.05) is 49.1 Å². The van der Waals surface area contributed by atoms with E-state index in [2.05, 4.69) is 19.8 Å². The number of carbonyl (C=O) groups is 2. The summed E-state index contributed by atoms with van der Waals surface area (Å²) < 4.78 is 0. The molecular formula is C32H34N4O2. The monoisotopic (exact) mass is 506 g/mol. The Hall–Kier alpha value is -4.06. The summed E-state index contributed by atoms with van der Waals surface area (Å²) in [6.45, 7) is 4.56.